The third kappa shape index (κ3) is 2.97. The van der Waals surface area contributed by atoms with E-state index >= 15 is 0 Å². The zero-order valence-corrected chi connectivity index (χ0v) is 15.3. The second-order valence-electron chi connectivity index (χ2n) is 7.57. The van der Waals surface area contributed by atoms with Gasteiger partial charge in [0.1, 0.15) is 0 Å². The minimum Gasteiger partial charge on any atom is -0.334 e. The first-order valence-corrected chi connectivity index (χ1v) is 9.77. The molecule has 2 fully saturated rings. The van der Waals surface area contributed by atoms with Gasteiger partial charge in [0, 0.05) is 30.1 Å². The van der Waals surface area contributed by atoms with Crippen molar-refractivity contribution in [2.24, 2.45) is 5.73 Å². The summed E-state index contributed by atoms with van der Waals surface area (Å²) in [4.78, 5) is 7.42. The lowest BCUT2D eigenvalue weighted by atomic mass is 9.94. The van der Waals surface area contributed by atoms with Crippen molar-refractivity contribution >= 4 is 0 Å². The molecule has 0 amide bonds. The van der Waals surface area contributed by atoms with E-state index in [9.17, 15) is 0 Å². The van der Waals surface area contributed by atoms with E-state index in [4.69, 9.17) is 15.2 Å². The van der Waals surface area contributed by atoms with Crippen LogP contribution in [0.1, 0.15) is 48.2 Å². The molecule has 138 valence electrons. The number of rotatable bonds is 4. The number of nitrogens with two attached hydrogens (primary N) is 1. The molecule has 0 saturated carbocycles. The van der Waals surface area contributed by atoms with Crippen molar-refractivity contribution < 1.29 is 4.52 Å². The zero-order valence-electron chi connectivity index (χ0n) is 15.3. The van der Waals surface area contributed by atoms with Gasteiger partial charge < -0.3 is 10.3 Å². The predicted octanol–water partition coefficient (Wildman–Crippen LogP) is 3.89. The van der Waals surface area contributed by atoms with Gasteiger partial charge in [-0.1, -0.05) is 47.6 Å². The van der Waals surface area contributed by atoms with Crippen LogP contribution in [-0.2, 0) is 6.54 Å². The Hall–Kier alpha value is -2.50. The van der Waals surface area contributed by atoms with Gasteiger partial charge in [-0.05, 0) is 49.1 Å². The highest BCUT2D eigenvalue weighted by Crippen LogP contribution is 2.48. The largest absolute Gasteiger partial charge is 0.334 e. The van der Waals surface area contributed by atoms with E-state index < -0.39 is 0 Å². The summed E-state index contributed by atoms with van der Waals surface area (Å²) in [6.07, 6.45) is 3.51. The molecule has 5 rings (SSSR count). The molecule has 3 aromatic rings. The molecule has 2 aliphatic rings. The van der Waals surface area contributed by atoms with Gasteiger partial charge in [-0.2, -0.15) is 4.98 Å². The van der Waals surface area contributed by atoms with E-state index in [2.05, 4.69) is 40.4 Å². The van der Waals surface area contributed by atoms with Gasteiger partial charge >= 0.3 is 0 Å². The van der Waals surface area contributed by atoms with Gasteiger partial charge in [0.05, 0.1) is 0 Å². The lowest BCUT2D eigenvalue weighted by molar-refractivity contribution is 0.243. The van der Waals surface area contributed by atoms with E-state index in [-0.39, 0.29) is 0 Å². The summed E-state index contributed by atoms with van der Waals surface area (Å²) in [6, 6.07) is 19.8. The molecule has 2 saturated heterocycles. The first kappa shape index (κ1) is 16.7. The third-order valence-electron chi connectivity index (χ3n) is 6.08. The van der Waals surface area contributed by atoms with Gasteiger partial charge in [-0.15, -0.1) is 0 Å². The molecule has 3 atom stereocenters. The smallest absolute Gasteiger partial charge is 0.257 e. The van der Waals surface area contributed by atoms with E-state index in [1.807, 2.05) is 24.3 Å². The van der Waals surface area contributed by atoms with Crippen molar-refractivity contribution in [2.45, 2.75) is 43.8 Å². The number of benzene rings is 2. The van der Waals surface area contributed by atoms with Gasteiger partial charge in [0.15, 0.2) is 5.82 Å². The van der Waals surface area contributed by atoms with Crippen LogP contribution in [0.2, 0.25) is 0 Å². The lowest BCUT2D eigenvalue weighted by Crippen LogP contribution is -2.27. The fourth-order valence-electron chi connectivity index (χ4n) is 4.73. The second kappa shape index (κ2) is 6.91. The van der Waals surface area contributed by atoms with E-state index in [1.165, 1.54) is 18.4 Å². The molecule has 0 radical (unpaired) electrons. The molecule has 5 heteroatoms. The summed E-state index contributed by atoms with van der Waals surface area (Å²) in [5.41, 5.74) is 9.13. The SMILES string of the molecule is NCc1ccc(-c2nc([C@H]3C[C@@H](c4ccccc4)N4CCC[C@H]34)no2)cc1. The van der Waals surface area contributed by atoms with Crippen molar-refractivity contribution in [1.82, 2.24) is 15.0 Å². The second-order valence-corrected chi connectivity index (χ2v) is 7.57. The van der Waals surface area contributed by atoms with Crippen LogP contribution in [0.3, 0.4) is 0 Å². The molecule has 0 spiro atoms. The Morgan fingerprint density at radius 3 is 2.67 bits per heavy atom. The zero-order chi connectivity index (χ0) is 18.2. The quantitative estimate of drug-likeness (QED) is 0.764. The van der Waals surface area contributed by atoms with Crippen LogP contribution in [0.15, 0.2) is 59.1 Å². The van der Waals surface area contributed by atoms with Crippen LogP contribution >= 0.6 is 0 Å². The maximum absolute atomic E-state index is 5.68. The van der Waals surface area contributed by atoms with Gasteiger partial charge in [0.2, 0.25) is 0 Å². The Kier molecular flexibility index (Phi) is 4.26. The molecule has 27 heavy (non-hydrogen) atoms. The summed E-state index contributed by atoms with van der Waals surface area (Å²) in [7, 11) is 0. The summed E-state index contributed by atoms with van der Waals surface area (Å²) in [5, 5.41) is 4.37. The van der Waals surface area contributed by atoms with Gasteiger partial charge in [-0.3, -0.25) is 4.90 Å². The monoisotopic (exact) mass is 360 g/mol. The maximum atomic E-state index is 5.68. The Bertz CT molecular complexity index is 906. The van der Waals surface area contributed by atoms with Crippen LogP contribution in [0, 0.1) is 0 Å². The minimum absolute atomic E-state index is 0.332. The Morgan fingerprint density at radius 2 is 1.89 bits per heavy atom. The molecule has 2 aromatic carbocycles. The number of nitrogens with zero attached hydrogens (tertiary/aromatic N) is 3. The third-order valence-corrected chi connectivity index (χ3v) is 6.08. The van der Waals surface area contributed by atoms with E-state index in [0.717, 1.165) is 29.9 Å². The predicted molar refractivity (Wildman–Crippen MR) is 104 cm³/mol. The Labute approximate surface area is 159 Å². The molecule has 5 nitrogen and oxygen atoms in total. The average Bonchev–Trinajstić information content (AvgIpc) is 3.45. The molecule has 1 aromatic heterocycles. The molecule has 2 N–H and O–H groups in total. The Balaban J connectivity index is 1.42. The minimum atomic E-state index is 0.332. The highest BCUT2D eigenvalue weighted by molar-refractivity contribution is 5.53. The first-order valence-electron chi connectivity index (χ1n) is 9.77. The summed E-state index contributed by atoms with van der Waals surface area (Å²) in [6.45, 7) is 1.70. The van der Waals surface area contributed by atoms with Gasteiger partial charge in [0.25, 0.3) is 5.89 Å². The average molecular weight is 360 g/mol. The summed E-state index contributed by atoms with van der Waals surface area (Å²) >= 11 is 0. The molecular formula is C22H24N4O. The molecule has 0 aliphatic carbocycles. The van der Waals surface area contributed by atoms with E-state index in [1.54, 1.807) is 0 Å². The summed E-state index contributed by atoms with van der Waals surface area (Å²) < 4.78 is 5.62. The molecule has 3 heterocycles. The highest BCUT2D eigenvalue weighted by Gasteiger charge is 2.46. The number of aromatic nitrogens is 2. The lowest BCUT2D eigenvalue weighted by Gasteiger charge is -2.24. The fourth-order valence-corrected chi connectivity index (χ4v) is 4.73. The fraction of sp³-hybridized carbons (Fsp3) is 0.364. The van der Waals surface area contributed by atoms with Crippen LogP contribution in [-0.4, -0.2) is 27.6 Å². The summed E-state index contributed by atoms with van der Waals surface area (Å²) in [5.74, 6) is 1.78. The maximum Gasteiger partial charge on any atom is 0.257 e. The van der Waals surface area contributed by atoms with Crippen molar-refractivity contribution in [2.75, 3.05) is 6.54 Å². The van der Waals surface area contributed by atoms with Crippen molar-refractivity contribution in [3.8, 4) is 11.5 Å². The highest BCUT2D eigenvalue weighted by atomic mass is 16.5. The van der Waals surface area contributed by atoms with Crippen molar-refractivity contribution in [3.05, 3.63) is 71.5 Å². The van der Waals surface area contributed by atoms with Gasteiger partial charge in [-0.25, -0.2) is 0 Å². The number of hydrogen-bond donors (Lipinski definition) is 1. The molecule has 0 bridgehead atoms. The first-order chi connectivity index (χ1) is 13.3. The van der Waals surface area contributed by atoms with Crippen LogP contribution in [0.4, 0.5) is 0 Å². The molecule has 0 unspecified atom stereocenters. The standard InChI is InChI=1S/C22H24N4O/c23-14-15-8-10-17(11-9-15)22-24-21(25-27-22)18-13-20(16-5-2-1-3-6-16)26-12-4-7-19(18)26/h1-3,5-6,8-11,18-20H,4,7,12-14,23H2/t18-,19+,20-/m0/s1. The number of hydrogen-bond acceptors (Lipinski definition) is 5. The van der Waals surface area contributed by atoms with Crippen LogP contribution in [0.5, 0.6) is 0 Å². The van der Waals surface area contributed by atoms with Crippen molar-refractivity contribution in [1.29, 1.82) is 0 Å². The molecule has 2 aliphatic heterocycles. The molecular weight excluding hydrogens is 336 g/mol. The van der Waals surface area contributed by atoms with Crippen LogP contribution < -0.4 is 5.73 Å². The van der Waals surface area contributed by atoms with Crippen molar-refractivity contribution in [3.63, 3.8) is 0 Å². The van der Waals surface area contributed by atoms with E-state index in [0.29, 0.717) is 30.4 Å². The topological polar surface area (TPSA) is 68.2 Å². The number of fused-ring (bicyclic) bond motifs is 1. The normalized spacial score (nSPS) is 25.0. The van der Waals surface area contributed by atoms with Crippen LogP contribution in [0.25, 0.3) is 11.5 Å². The Morgan fingerprint density at radius 1 is 1.07 bits per heavy atom.